The number of carboxylic acid groups (broad SMARTS) is 1. The number of alkyl carbamates (subject to hydrolysis) is 1. The normalized spacial score (nSPS) is 25.4. The van der Waals surface area contributed by atoms with E-state index in [9.17, 15) is 28.3 Å². The second-order valence-electron chi connectivity index (χ2n) is 13.0. The summed E-state index contributed by atoms with van der Waals surface area (Å²) in [7, 11) is 0. The molecule has 45 heavy (non-hydrogen) atoms. The molecule has 1 saturated heterocycles. The maximum absolute atomic E-state index is 15.0. The van der Waals surface area contributed by atoms with Crippen LogP contribution in [0, 0.1) is 5.41 Å². The molecule has 2 aliphatic rings. The molecule has 11 nitrogen and oxygen atoms in total. The van der Waals surface area contributed by atoms with Crippen molar-refractivity contribution in [2.24, 2.45) is 5.41 Å². The molecule has 13 heteroatoms. The minimum absolute atomic E-state index is 0.0883. The van der Waals surface area contributed by atoms with E-state index in [2.05, 4.69) is 21.9 Å². The zero-order valence-electron chi connectivity index (χ0n) is 26.3. The van der Waals surface area contributed by atoms with Gasteiger partial charge in [-0.1, -0.05) is 39.5 Å². The Bertz CT molecular complexity index is 1430. The molecule has 1 amide bonds. The number of alkyl halides is 2. The fraction of sp³-hybridized carbons (Fsp3) is 0.594. The average Bonchev–Trinajstić information content (AvgIpc) is 3.54. The van der Waals surface area contributed by atoms with Gasteiger partial charge in [-0.3, -0.25) is 9.69 Å². The molecule has 1 saturated carbocycles. The van der Waals surface area contributed by atoms with E-state index in [4.69, 9.17) is 14.2 Å². The summed E-state index contributed by atoms with van der Waals surface area (Å²) in [6.45, 7) is 12.1. The Balaban J connectivity index is 1.63. The molecule has 4 rings (SSSR count). The van der Waals surface area contributed by atoms with Crippen LogP contribution in [0.15, 0.2) is 36.9 Å². The number of carbonyl (C=O) groups is 3. The number of hydrogen-bond acceptors (Lipinski definition) is 9. The fourth-order valence-electron chi connectivity index (χ4n) is 6.04. The van der Waals surface area contributed by atoms with Gasteiger partial charge in [-0.05, 0) is 56.7 Å². The summed E-state index contributed by atoms with van der Waals surface area (Å²) in [5, 5.41) is 12.9. The minimum atomic E-state index is -3.59. The van der Waals surface area contributed by atoms with Crippen LogP contribution in [0.4, 0.5) is 13.6 Å². The summed E-state index contributed by atoms with van der Waals surface area (Å²) in [6, 6.07) is 5.29. The largest absolute Gasteiger partial charge is 0.480 e. The molecule has 1 aliphatic carbocycles. The predicted octanol–water partition coefficient (Wildman–Crippen LogP) is 4.87. The van der Waals surface area contributed by atoms with Crippen LogP contribution in [-0.2, 0) is 25.0 Å². The van der Waals surface area contributed by atoms with Crippen LogP contribution in [0.25, 0.3) is 11.0 Å². The summed E-state index contributed by atoms with van der Waals surface area (Å²) in [5.74, 6) is -5.24. The third-order valence-electron chi connectivity index (χ3n) is 8.69. The molecule has 0 spiro atoms. The van der Waals surface area contributed by atoms with Crippen LogP contribution in [0.3, 0.4) is 0 Å². The van der Waals surface area contributed by atoms with E-state index < -0.39 is 58.3 Å². The first kappa shape index (κ1) is 34.2. The van der Waals surface area contributed by atoms with E-state index in [-0.39, 0.29) is 31.1 Å². The molecular weight excluding hydrogens is 590 g/mol. The predicted molar refractivity (Wildman–Crippen MR) is 161 cm³/mol. The quantitative estimate of drug-likeness (QED) is 0.246. The number of allylic oxidation sites excluding steroid dienone is 1. The van der Waals surface area contributed by atoms with Gasteiger partial charge in [-0.2, -0.15) is 8.78 Å². The van der Waals surface area contributed by atoms with E-state index in [0.29, 0.717) is 30.9 Å². The van der Waals surface area contributed by atoms with Crippen molar-refractivity contribution < 1.29 is 42.5 Å². The lowest BCUT2D eigenvalue weighted by Gasteiger charge is -2.44. The number of likely N-dealkylation sites (tertiary alicyclic amines) is 1. The number of para-hydroxylation sites is 2. The molecule has 0 bridgehead atoms. The summed E-state index contributed by atoms with van der Waals surface area (Å²) in [5.41, 5.74) is -4.03. The zero-order valence-corrected chi connectivity index (χ0v) is 26.3. The highest BCUT2D eigenvalue weighted by molar-refractivity contribution is 5.79. The first-order chi connectivity index (χ1) is 21.1. The Labute approximate surface area is 261 Å². The highest BCUT2D eigenvalue weighted by Gasteiger charge is 2.53. The first-order valence-electron chi connectivity index (χ1n) is 15.1. The van der Waals surface area contributed by atoms with Crippen molar-refractivity contribution in [1.82, 2.24) is 20.2 Å². The van der Waals surface area contributed by atoms with Gasteiger partial charge in [-0.15, -0.1) is 0 Å². The maximum atomic E-state index is 15.0. The summed E-state index contributed by atoms with van der Waals surface area (Å²) >= 11 is 0. The number of aldehydes is 1. The second kappa shape index (κ2) is 13.0. The molecule has 0 radical (unpaired) electrons. The first-order valence-corrected chi connectivity index (χ1v) is 15.1. The van der Waals surface area contributed by atoms with Gasteiger partial charge in [0.1, 0.15) is 29.6 Å². The van der Waals surface area contributed by atoms with E-state index in [0.717, 1.165) is 12.8 Å². The molecule has 2 N–H and O–H groups in total. The van der Waals surface area contributed by atoms with Crippen molar-refractivity contribution in [3.05, 3.63) is 42.6 Å². The van der Waals surface area contributed by atoms with Crippen molar-refractivity contribution in [2.45, 2.75) is 95.6 Å². The number of nitrogens with one attached hydrogen (secondary N) is 1. The second-order valence-corrected chi connectivity index (χ2v) is 13.0. The van der Waals surface area contributed by atoms with Crippen molar-refractivity contribution in [2.75, 3.05) is 19.7 Å². The van der Waals surface area contributed by atoms with Gasteiger partial charge in [-0.25, -0.2) is 14.8 Å². The van der Waals surface area contributed by atoms with Crippen LogP contribution in [0.1, 0.15) is 66.0 Å². The van der Waals surface area contributed by atoms with E-state index >= 15 is 0 Å². The molecule has 2 fully saturated rings. The summed E-state index contributed by atoms with van der Waals surface area (Å²) in [6.07, 6.45) is 1.56. The van der Waals surface area contributed by atoms with E-state index in [1.807, 2.05) is 6.92 Å². The third kappa shape index (κ3) is 7.25. The summed E-state index contributed by atoms with van der Waals surface area (Å²) < 4.78 is 47.5. The van der Waals surface area contributed by atoms with Gasteiger partial charge in [0.25, 0.3) is 0 Å². The number of hydrogen-bond donors (Lipinski definition) is 2. The number of nitrogens with zero attached hydrogens (tertiary/aromatic N) is 3. The van der Waals surface area contributed by atoms with Crippen LogP contribution in [0.5, 0.6) is 5.88 Å². The van der Waals surface area contributed by atoms with Gasteiger partial charge in [0, 0.05) is 26.1 Å². The van der Waals surface area contributed by atoms with E-state index in [1.54, 1.807) is 52.0 Å². The molecule has 2 heterocycles. The number of aliphatic carboxylic acids is 1. The minimum Gasteiger partial charge on any atom is -0.480 e. The monoisotopic (exact) mass is 632 g/mol. The standard InChI is InChI=1S/C32H42F2N4O7/c1-7-32(33,34)25-26(36-21-13-10-9-12-20(21)35-25)45-30(6)16-22(27(40)41)38(17-30)18-31(19-39,29(3,4)5)37-28(42)44-24-15-11-14-23(24)43-8-2/h7,9-10,12-13,19,22-24H,1,8,11,14-18H2,2-6H3,(H,37,42)(H,40,41)/t22-,23+,24+,30+,31+/m0/s1. The number of halogens is 2. The molecule has 2 aromatic rings. The SMILES string of the molecule is C=CC(F)(F)c1nc2ccccc2nc1O[C@]1(C)C[C@@H](C(=O)O)N(C[C@](C=O)(NC(=O)O[C@@H]2CCC[C@H]2OCC)C(C)(C)C)C1. The van der Waals surface area contributed by atoms with E-state index in [1.165, 1.54) is 4.90 Å². The van der Waals surface area contributed by atoms with Gasteiger partial charge < -0.3 is 29.4 Å². The van der Waals surface area contributed by atoms with Crippen LogP contribution >= 0.6 is 0 Å². The van der Waals surface area contributed by atoms with Gasteiger partial charge in [0.2, 0.25) is 5.88 Å². The van der Waals surface area contributed by atoms with Crippen LogP contribution < -0.4 is 10.1 Å². The highest BCUT2D eigenvalue weighted by Crippen LogP contribution is 2.40. The molecule has 0 unspecified atom stereocenters. The number of amides is 1. The molecule has 1 aromatic carbocycles. The van der Waals surface area contributed by atoms with Gasteiger partial charge in [0.05, 0.1) is 17.1 Å². The van der Waals surface area contributed by atoms with Gasteiger partial charge >= 0.3 is 18.0 Å². The van der Waals surface area contributed by atoms with Crippen LogP contribution in [0.2, 0.25) is 0 Å². The third-order valence-corrected chi connectivity index (χ3v) is 8.69. The van der Waals surface area contributed by atoms with Crippen molar-refractivity contribution in [3.8, 4) is 5.88 Å². The number of carbonyl (C=O) groups excluding carboxylic acids is 2. The number of ether oxygens (including phenoxy) is 3. The number of rotatable bonds is 12. The topological polar surface area (TPSA) is 140 Å². The molecular formula is C32H42F2N4O7. The summed E-state index contributed by atoms with van der Waals surface area (Å²) in [4.78, 5) is 48.4. The Morgan fingerprint density at radius 2 is 1.82 bits per heavy atom. The maximum Gasteiger partial charge on any atom is 0.408 e. The Morgan fingerprint density at radius 3 is 2.40 bits per heavy atom. The zero-order chi connectivity index (χ0) is 33.2. The molecule has 1 aliphatic heterocycles. The molecule has 246 valence electrons. The fourth-order valence-corrected chi connectivity index (χ4v) is 6.04. The van der Waals surface area contributed by atoms with Crippen molar-refractivity contribution >= 4 is 29.4 Å². The Hall–Kier alpha value is -3.71. The Kier molecular flexibility index (Phi) is 9.84. The number of carboxylic acids is 1. The number of aromatic nitrogens is 2. The number of fused-ring (bicyclic) bond motifs is 1. The molecule has 1 aromatic heterocycles. The smallest absolute Gasteiger partial charge is 0.408 e. The van der Waals surface area contributed by atoms with Crippen molar-refractivity contribution in [1.29, 1.82) is 0 Å². The van der Waals surface area contributed by atoms with Gasteiger partial charge in [0.15, 0.2) is 5.69 Å². The Morgan fingerprint density at radius 1 is 1.18 bits per heavy atom. The molecule has 5 atom stereocenters. The lowest BCUT2D eigenvalue weighted by atomic mass is 9.74. The lowest BCUT2D eigenvalue weighted by molar-refractivity contribution is -0.143. The highest BCUT2D eigenvalue weighted by atomic mass is 19.3. The van der Waals surface area contributed by atoms with Crippen LogP contribution in [-0.4, -0.2) is 87.4 Å². The number of benzene rings is 1. The van der Waals surface area contributed by atoms with Crippen molar-refractivity contribution in [3.63, 3.8) is 0 Å². The average molecular weight is 633 g/mol. The lowest BCUT2D eigenvalue weighted by Crippen LogP contribution is -2.65.